The van der Waals surface area contributed by atoms with Gasteiger partial charge < -0.3 is 19.1 Å². The predicted octanol–water partition coefficient (Wildman–Crippen LogP) is 0.253. The summed E-state index contributed by atoms with van der Waals surface area (Å²) in [6, 6.07) is 0. The molecule has 2 rings (SSSR count). The third-order valence-electron chi connectivity index (χ3n) is 2.75. The molecule has 1 aromatic heterocycles. The van der Waals surface area contributed by atoms with Crippen LogP contribution in [0.3, 0.4) is 0 Å². The molecule has 0 aliphatic carbocycles. The average molecular weight is 267 g/mol. The first-order valence-electron chi connectivity index (χ1n) is 6.13. The van der Waals surface area contributed by atoms with Crippen LogP contribution in [0.1, 0.15) is 6.92 Å². The van der Waals surface area contributed by atoms with Gasteiger partial charge in [0.05, 0.1) is 39.3 Å². The van der Waals surface area contributed by atoms with Gasteiger partial charge in [0.2, 0.25) is 5.88 Å². The van der Waals surface area contributed by atoms with Crippen molar-refractivity contribution in [1.82, 2.24) is 9.97 Å². The van der Waals surface area contributed by atoms with E-state index in [0.29, 0.717) is 38.0 Å². The Morgan fingerprint density at radius 2 is 2.42 bits per heavy atom. The van der Waals surface area contributed by atoms with Crippen molar-refractivity contribution >= 4 is 11.8 Å². The molecule has 1 atom stereocenters. The summed E-state index contributed by atoms with van der Waals surface area (Å²) in [4.78, 5) is 21.8. The molecule has 7 heteroatoms. The Hall–Kier alpha value is -1.89. The number of carbonyl (C=O) groups is 1. The fourth-order valence-corrected chi connectivity index (χ4v) is 1.84. The molecule has 1 fully saturated rings. The van der Waals surface area contributed by atoms with E-state index in [-0.39, 0.29) is 5.97 Å². The number of aromatic nitrogens is 2. The summed E-state index contributed by atoms with van der Waals surface area (Å²) in [6.07, 6.45) is 2.62. The number of nitrogens with zero attached hydrogens (tertiary/aromatic N) is 3. The molecule has 1 aromatic rings. The lowest BCUT2D eigenvalue weighted by atomic mass is 10.3. The molecule has 1 unspecified atom stereocenters. The number of rotatable bonds is 4. The van der Waals surface area contributed by atoms with Crippen LogP contribution in [0, 0.1) is 0 Å². The molecular weight excluding hydrogens is 250 g/mol. The second-order valence-electron chi connectivity index (χ2n) is 3.98. The molecule has 1 aliphatic rings. The van der Waals surface area contributed by atoms with Crippen LogP contribution < -0.4 is 9.64 Å². The Morgan fingerprint density at radius 1 is 1.58 bits per heavy atom. The largest absolute Gasteiger partial charge is 0.477 e. The molecule has 0 N–H and O–H groups in total. The zero-order valence-corrected chi connectivity index (χ0v) is 11.0. The fourth-order valence-electron chi connectivity index (χ4n) is 1.84. The first-order chi connectivity index (χ1) is 9.24. The van der Waals surface area contributed by atoms with Crippen LogP contribution in [-0.4, -0.2) is 55.5 Å². The minimum absolute atomic E-state index is 0.376. The van der Waals surface area contributed by atoms with Gasteiger partial charge in [-0.3, -0.25) is 4.98 Å². The van der Waals surface area contributed by atoms with Gasteiger partial charge in [0, 0.05) is 6.54 Å². The van der Waals surface area contributed by atoms with Gasteiger partial charge in [0.15, 0.2) is 11.9 Å². The van der Waals surface area contributed by atoms with Crippen LogP contribution >= 0.6 is 0 Å². The third-order valence-corrected chi connectivity index (χ3v) is 2.75. The minimum atomic E-state index is -0.587. The summed E-state index contributed by atoms with van der Waals surface area (Å²) in [7, 11) is 1.35. The Balaban J connectivity index is 2.08. The minimum Gasteiger partial charge on any atom is -0.477 e. The summed E-state index contributed by atoms with van der Waals surface area (Å²) in [6.45, 7) is 3.91. The van der Waals surface area contributed by atoms with Crippen molar-refractivity contribution in [3.63, 3.8) is 0 Å². The monoisotopic (exact) mass is 267 g/mol. The first kappa shape index (κ1) is 13.5. The second kappa shape index (κ2) is 6.33. The summed E-state index contributed by atoms with van der Waals surface area (Å²) in [5, 5.41) is 0. The number of ether oxygens (including phenoxy) is 3. The molecule has 7 nitrogen and oxygen atoms in total. The zero-order chi connectivity index (χ0) is 13.7. The van der Waals surface area contributed by atoms with Crippen molar-refractivity contribution in [1.29, 1.82) is 0 Å². The number of morpholine rings is 1. The van der Waals surface area contributed by atoms with Gasteiger partial charge in [-0.2, -0.15) is 4.98 Å². The number of hydrogen-bond acceptors (Lipinski definition) is 7. The van der Waals surface area contributed by atoms with Gasteiger partial charge in [-0.25, -0.2) is 4.79 Å². The Morgan fingerprint density at radius 3 is 3.16 bits per heavy atom. The van der Waals surface area contributed by atoms with Crippen molar-refractivity contribution in [2.45, 2.75) is 13.0 Å². The number of hydrogen-bond donors (Lipinski definition) is 0. The normalized spacial score (nSPS) is 19.1. The number of anilines is 1. The molecule has 2 heterocycles. The van der Waals surface area contributed by atoms with Gasteiger partial charge in [-0.15, -0.1) is 0 Å². The van der Waals surface area contributed by atoms with E-state index in [4.69, 9.17) is 9.47 Å². The highest BCUT2D eigenvalue weighted by Gasteiger charge is 2.28. The quantitative estimate of drug-likeness (QED) is 0.724. The average Bonchev–Trinajstić information content (AvgIpc) is 2.47. The van der Waals surface area contributed by atoms with E-state index < -0.39 is 6.10 Å². The van der Waals surface area contributed by atoms with Crippen molar-refractivity contribution in [2.24, 2.45) is 0 Å². The molecule has 1 saturated heterocycles. The van der Waals surface area contributed by atoms with E-state index in [1.165, 1.54) is 7.11 Å². The van der Waals surface area contributed by atoms with Crippen molar-refractivity contribution < 1.29 is 19.0 Å². The predicted molar refractivity (Wildman–Crippen MR) is 67.2 cm³/mol. The highest BCUT2D eigenvalue weighted by atomic mass is 16.6. The highest BCUT2D eigenvalue weighted by molar-refractivity contribution is 5.75. The van der Waals surface area contributed by atoms with Gasteiger partial charge in [-0.1, -0.05) is 0 Å². The summed E-state index contributed by atoms with van der Waals surface area (Å²) in [5.41, 5.74) is 0. The Kier molecular flexibility index (Phi) is 4.51. The molecule has 104 valence electrons. The van der Waals surface area contributed by atoms with Gasteiger partial charge in [0.1, 0.15) is 0 Å². The SMILES string of the molecule is CCOc1cncc(N2CCOC(C(=O)OC)C2)n1. The molecule has 0 amide bonds. The van der Waals surface area contributed by atoms with Crippen molar-refractivity contribution in [3.05, 3.63) is 12.4 Å². The van der Waals surface area contributed by atoms with Gasteiger partial charge >= 0.3 is 5.97 Å². The van der Waals surface area contributed by atoms with E-state index in [1.807, 2.05) is 11.8 Å². The maximum atomic E-state index is 11.5. The molecular formula is C12H17N3O4. The zero-order valence-electron chi connectivity index (χ0n) is 11.0. The van der Waals surface area contributed by atoms with E-state index in [1.54, 1.807) is 12.4 Å². The molecule has 0 bridgehead atoms. The Bertz CT molecular complexity index is 441. The van der Waals surface area contributed by atoms with Crippen molar-refractivity contribution in [2.75, 3.05) is 38.3 Å². The van der Waals surface area contributed by atoms with Crippen LogP contribution in [0.2, 0.25) is 0 Å². The summed E-state index contributed by atoms with van der Waals surface area (Å²) < 4.78 is 15.4. The van der Waals surface area contributed by atoms with Crippen LogP contribution in [0.4, 0.5) is 5.82 Å². The smallest absolute Gasteiger partial charge is 0.336 e. The maximum absolute atomic E-state index is 11.5. The molecule has 0 radical (unpaired) electrons. The highest BCUT2D eigenvalue weighted by Crippen LogP contribution is 2.17. The van der Waals surface area contributed by atoms with Crippen LogP contribution in [-0.2, 0) is 14.3 Å². The van der Waals surface area contributed by atoms with Crippen LogP contribution in [0.15, 0.2) is 12.4 Å². The topological polar surface area (TPSA) is 73.8 Å². The Labute approximate surface area is 111 Å². The third kappa shape index (κ3) is 3.31. The molecule has 0 saturated carbocycles. The lowest BCUT2D eigenvalue weighted by molar-refractivity contribution is -0.154. The summed E-state index contributed by atoms with van der Waals surface area (Å²) in [5.74, 6) is 0.767. The lowest BCUT2D eigenvalue weighted by Gasteiger charge is -2.32. The second-order valence-corrected chi connectivity index (χ2v) is 3.98. The molecule has 0 aromatic carbocycles. The number of carbonyl (C=O) groups excluding carboxylic acids is 1. The van der Waals surface area contributed by atoms with Crippen LogP contribution in [0.25, 0.3) is 0 Å². The number of esters is 1. The first-order valence-corrected chi connectivity index (χ1v) is 6.13. The van der Waals surface area contributed by atoms with E-state index >= 15 is 0 Å². The maximum Gasteiger partial charge on any atom is 0.336 e. The van der Waals surface area contributed by atoms with Gasteiger partial charge in [-0.05, 0) is 6.92 Å². The van der Waals surface area contributed by atoms with E-state index in [0.717, 1.165) is 0 Å². The fraction of sp³-hybridized carbons (Fsp3) is 0.583. The molecule has 0 spiro atoms. The molecule has 1 aliphatic heterocycles. The van der Waals surface area contributed by atoms with Crippen molar-refractivity contribution in [3.8, 4) is 5.88 Å². The lowest BCUT2D eigenvalue weighted by Crippen LogP contribution is -2.46. The standard InChI is InChI=1S/C12H17N3O4/c1-3-18-11-7-13-6-10(14-11)15-4-5-19-9(8-15)12(16)17-2/h6-7,9H,3-5,8H2,1-2H3. The molecule has 19 heavy (non-hydrogen) atoms. The van der Waals surface area contributed by atoms with Gasteiger partial charge in [0.25, 0.3) is 0 Å². The number of methoxy groups -OCH3 is 1. The van der Waals surface area contributed by atoms with E-state index in [9.17, 15) is 4.79 Å². The van der Waals surface area contributed by atoms with Crippen LogP contribution in [0.5, 0.6) is 5.88 Å². The van der Waals surface area contributed by atoms with E-state index in [2.05, 4.69) is 14.7 Å². The summed E-state index contributed by atoms with van der Waals surface area (Å²) >= 11 is 0.